The first kappa shape index (κ1) is 18.1. The van der Waals surface area contributed by atoms with Crippen LogP contribution >= 0.6 is 0 Å². The van der Waals surface area contributed by atoms with Crippen molar-refractivity contribution in [2.24, 2.45) is 0 Å². The molecular weight excluding hydrogens is 352 g/mol. The zero-order chi connectivity index (χ0) is 19.5. The highest BCUT2D eigenvalue weighted by atomic mass is 16.5. The van der Waals surface area contributed by atoms with Gasteiger partial charge in [-0.05, 0) is 37.1 Å². The fourth-order valence-electron chi connectivity index (χ4n) is 3.43. The molecule has 0 saturated carbocycles. The monoisotopic (exact) mass is 374 g/mol. The van der Waals surface area contributed by atoms with Gasteiger partial charge in [-0.25, -0.2) is 4.98 Å². The van der Waals surface area contributed by atoms with E-state index in [9.17, 15) is 5.26 Å². The van der Waals surface area contributed by atoms with Gasteiger partial charge in [-0.15, -0.1) is 5.10 Å². The first-order valence-electron chi connectivity index (χ1n) is 9.35. The highest BCUT2D eigenvalue weighted by molar-refractivity contribution is 5.94. The number of aromatic nitrogens is 3. The highest BCUT2D eigenvalue weighted by Crippen LogP contribution is 2.27. The quantitative estimate of drug-likeness (QED) is 0.751. The van der Waals surface area contributed by atoms with Gasteiger partial charge < -0.3 is 15.0 Å². The van der Waals surface area contributed by atoms with E-state index in [2.05, 4.69) is 37.5 Å². The minimum atomic E-state index is 0.573. The molecule has 2 aromatic heterocycles. The summed E-state index contributed by atoms with van der Waals surface area (Å²) in [6.45, 7) is 7.58. The number of nitrogens with zero attached hydrogens (tertiary/aromatic N) is 5. The van der Waals surface area contributed by atoms with Crippen LogP contribution in [0.5, 0.6) is 0 Å². The van der Waals surface area contributed by atoms with Gasteiger partial charge in [0.05, 0.1) is 30.5 Å². The van der Waals surface area contributed by atoms with Crippen molar-refractivity contribution in [1.82, 2.24) is 15.2 Å². The van der Waals surface area contributed by atoms with Crippen molar-refractivity contribution in [1.29, 1.82) is 5.26 Å². The van der Waals surface area contributed by atoms with Crippen molar-refractivity contribution in [3.05, 3.63) is 52.8 Å². The Morgan fingerprint density at radius 3 is 2.79 bits per heavy atom. The fourth-order valence-corrected chi connectivity index (χ4v) is 3.43. The van der Waals surface area contributed by atoms with E-state index < -0.39 is 0 Å². The molecule has 0 unspecified atom stereocenters. The molecule has 0 aliphatic carbocycles. The van der Waals surface area contributed by atoms with Crippen LogP contribution in [0.3, 0.4) is 0 Å². The number of anilines is 2. The van der Waals surface area contributed by atoms with E-state index in [1.54, 1.807) is 0 Å². The van der Waals surface area contributed by atoms with Gasteiger partial charge in [0.15, 0.2) is 5.82 Å². The van der Waals surface area contributed by atoms with Gasteiger partial charge in [0.1, 0.15) is 5.82 Å². The Balaban J connectivity index is 1.66. The second-order valence-corrected chi connectivity index (χ2v) is 6.88. The zero-order valence-electron chi connectivity index (χ0n) is 16.1. The van der Waals surface area contributed by atoms with Crippen LogP contribution in [0.25, 0.3) is 10.8 Å². The average Bonchev–Trinajstić information content (AvgIpc) is 2.74. The first-order valence-corrected chi connectivity index (χ1v) is 9.35. The number of nitriles is 1. The molecule has 0 atom stereocenters. The molecule has 3 heterocycles. The van der Waals surface area contributed by atoms with E-state index in [1.165, 1.54) is 0 Å². The van der Waals surface area contributed by atoms with Gasteiger partial charge in [-0.3, -0.25) is 0 Å². The van der Waals surface area contributed by atoms with Crippen molar-refractivity contribution >= 4 is 22.4 Å². The van der Waals surface area contributed by atoms with Crippen molar-refractivity contribution in [2.75, 3.05) is 36.5 Å². The molecule has 0 radical (unpaired) electrons. The third-order valence-corrected chi connectivity index (χ3v) is 5.18. The number of fused-ring (bicyclic) bond motifs is 1. The smallest absolute Gasteiger partial charge is 0.157 e. The minimum absolute atomic E-state index is 0.573. The highest BCUT2D eigenvalue weighted by Gasteiger charge is 2.15. The van der Waals surface area contributed by atoms with Gasteiger partial charge in [0.2, 0.25) is 0 Å². The molecule has 1 N–H and O–H groups in total. The van der Waals surface area contributed by atoms with E-state index in [-0.39, 0.29) is 0 Å². The summed E-state index contributed by atoms with van der Waals surface area (Å²) in [6.07, 6.45) is 1.87. The Morgan fingerprint density at radius 1 is 1.18 bits per heavy atom. The number of nitrogens with one attached hydrogen (secondary N) is 1. The van der Waals surface area contributed by atoms with Crippen molar-refractivity contribution < 1.29 is 4.74 Å². The molecule has 3 aromatic rings. The molecule has 1 fully saturated rings. The third kappa shape index (κ3) is 3.47. The lowest BCUT2D eigenvalue weighted by Crippen LogP contribution is -2.36. The second kappa shape index (κ2) is 7.79. The number of hydrogen-bond acceptors (Lipinski definition) is 7. The molecule has 0 bridgehead atoms. The Hall–Kier alpha value is -3.24. The lowest BCUT2D eigenvalue weighted by Gasteiger charge is -2.28. The summed E-state index contributed by atoms with van der Waals surface area (Å²) in [5, 5.41) is 23.3. The minimum Gasteiger partial charge on any atom is -0.378 e. The Kier molecular flexibility index (Phi) is 5.04. The number of aryl methyl sites for hydroxylation is 1. The molecule has 1 aliphatic heterocycles. The summed E-state index contributed by atoms with van der Waals surface area (Å²) in [5.41, 5.74) is 3.59. The topological polar surface area (TPSA) is 87.0 Å². The molecule has 1 aromatic carbocycles. The van der Waals surface area contributed by atoms with Crippen LogP contribution in [-0.2, 0) is 11.3 Å². The van der Waals surface area contributed by atoms with Gasteiger partial charge in [0.25, 0.3) is 0 Å². The Labute approximate surface area is 164 Å². The molecular formula is C21H22N6O. The van der Waals surface area contributed by atoms with Crippen LogP contribution in [0, 0.1) is 25.2 Å². The molecule has 1 aliphatic rings. The van der Waals surface area contributed by atoms with Gasteiger partial charge in [-0.1, -0.05) is 12.1 Å². The molecule has 1 saturated heterocycles. The van der Waals surface area contributed by atoms with Gasteiger partial charge >= 0.3 is 0 Å². The summed E-state index contributed by atoms with van der Waals surface area (Å²) in [7, 11) is 0. The number of rotatable bonds is 4. The molecule has 28 heavy (non-hydrogen) atoms. The number of ether oxygens (including phenoxy) is 1. The number of hydrogen-bond donors (Lipinski definition) is 1. The van der Waals surface area contributed by atoms with Crippen LogP contribution in [0.2, 0.25) is 0 Å². The normalized spacial score (nSPS) is 14.1. The van der Waals surface area contributed by atoms with E-state index in [4.69, 9.17) is 4.74 Å². The van der Waals surface area contributed by atoms with Crippen molar-refractivity contribution in [3.63, 3.8) is 0 Å². The fraction of sp³-hybridized carbons (Fsp3) is 0.333. The lowest BCUT2D eigenvalue weighted by atomic mass is 10.0. The van der Waals surface area contributed by atoms with E-state index >= 15 is 0 Å². The molecule has 0 amide bonds. The predicted octanol–water partition coefficient (Wildman–Crippen LogP) is 2.96. The molecule has 7 nitrogen and oxygen atoms in total. The summed E-state index contributed by atoms with van der Waals surface area (Å²) < 4.78 is 5.44. The summed E-state index contributed by atoms with van der Waals surface area (Å²) in [4.78, 5) is 6.85. The van der Waals surface area contributed by atoms with Crippen LogP contribution in [0.4, 0.5) is 11.6 Å². The largest absolute Gasteiger partial charge is 0.378 e. The van der Waals surface area contributed by atoms with E-state index in [1.807, 2.05) is 38.2 Å². The van der Waals surface area contributed by atoms with Gasteiger partial charge in [-0.2, -0.15) is 10.4 Å². The van der Waals surface area contributed by atoms with Crippen LogP contribution in [-0.4, -0.2) is 41.5 Å². The van der Waals surface area contributed by atoms with E-state index in [0.717, 1.165) is 52.3 Å². The standard InChI is InChI=1S/C21H22N6O/c1-14-16(11-22)4-3-5-17(14)12-24-21-18-10-20(27-6-8-28-9-7-27)23-13-19(18)15(2)25-26-21/h3-5,10,13H,6-9,12H2,1-2H3,(H,24,26). The maximum absolute atomic E-state index is 9.24. The van der Waals surface area contributed by atoms with Crippen LogP contribution < -0.4 is 10.2 Å². The first-order chi connectivity index (χ1) is 13.7. The van der Waals surface area contributed by atoms with Gasteiger partial charge in [0, 0.05) is 36.6 Å². The predicted molar refractivity (Wildman–Crippen MR) is 108 cm³/mol. The summed E-state index contributed by atoms with van der Waals surface area (Å²) in [6, 6.07) is 10.1. The summed E-state index contributed by atoms with van der Waals surface area (Å²) >= 11 is 0. The van der Waals surface area contributed by atoms with E-state index in [0.29, 0.717) is 25.3 Å². The SMILES string of the molecule is Cc1c(C#N)cccc1CNc1nnc(C)c2cnc(N3CCOCC3)cc12. The number of morpholine rings is 1. The summed E-state index contributed by atoms with van der Waals surface area (Å²) in [5.74, 6) is 1.65. The maximum atomic E-state index is 9.24. The number of pyridine rings is 1. The second-order valence-electron chi connectivity index (χ2n) is 6.88. The van der Waals surface area contributed by atoms with Crippen LogP contribution in [0.15, 0.2) is 30.5 Å². The Bertz CT molecular complexity index is 1050. The average molecular weight is 374 g/mol. The molecule has 7 heteroatoms. The maximum Gasteiger partial charge on any atom is 0.157 e. The lowest BCUT2D eigenvalue weighted by molar-refractivity contribution is 0.122. The van der Waals surface area contributed by atoms with Crippen LogP contribution in [0.1, 0.15) is 22.4 Å². The number of benzene rings is 1. The van der Waals surface area contributed by atoms with Crippen molar-refractivity contribution in [3.8, 4) is 6.07 Å². The Morgan fingerprint density at radius 2 is 2.00 bits per heavy atom. The molecule has 142 valence electrons. The van der Waals surface area contributed by atoms with Crippen molar-refractivity contribution in [2.45, 2.75) is 20.4 Å². The molecule has 0 spiro atoms. The molecule has 4 rings (SSSR count). The zero-order valence-corrected chi connectivity index (χ0v) is 16.1. The third-order valence-electron chi connectivity index (χ3n) is 5.18.